The Morgan fingerprint density at radius 1 is 1.37 bits per heavy atom. The maximum Gasteiger partial charge on any atom is 0.410 e. The number of amides is 1. The van der Waals surface area contributed by atoms with E-state index in [2.05, 4.69) is 0 Å². The summed E-state index contributed by atoms with van der Waals surface area (Å²) in [4.78, 5) is 23.9. The van der Waals surface area contributed by atoms with Crippen molar-refractivity contribution in [3.8, 4) is 0 Å². The van der Waals surface area contributed by atoms with Gasteiger partial charge in [0, 0.05) is 7.05 Å². The minimum Gasteiger partial charge on any atom is -0.475 e. The molecule has 1 atom stereocenters. The Bertz CT molecular complexity index is 472. The van der Waals surface area contributed by atoms with E-state index in [0.717, 1.165) is 0 Å². The van der Waals surface area contributed by atoms with Crippen LogP contribution in [0.25, 0.3) is 0 Å². The highest BCUT2D eigenvalue weighted by Crippen LogP contribution is 2.23. The molecule has 1 N–H and O–H groups in total. The molecule has 0 spiro atoms. The van der Waals surface area contributed by atoms with Gasteiger partial charge in [-0.3, -0.25) is 0 Å². The molecule has 19 heavy (non-hydrogen) atoms. The van der Waals surface area contributed by atoms with Crippen LogP contribution in [0.4, 0.5) is 4.79 Å². The Kier molecular flexibility index (Phi) is 4.24. The normalized spacial score (nSPS) is 12.9. The second-order valence-corrected chi connectivity index (χ2v) is 5.27. The molecule has 0 aliphatic rings. The van der Waals surface area contributed by atoms with Crippen molar-refractivity contribution in [2.75, 3.05) is 7.05 Å². The minimum absolute atomic E-state index is 0.153. The van der Waals surface area contributed by atoms with Gasteiger partial charge in [-0.25, -0.2) is 9.59 Å². The zero-order valence-corrected chi connectivity index (χ0v) is 11.8. The van der Waals surface area contributed by atoms with E-state index in [-0.39, 0.29) is 5.76 Å². The summed E-state index contributed by atoms with van der Waals surface area (Å²) in [6.07, 6.45) is -0.492. The Hall–Kier alpha value is -1.98. The SMILES string of the molecule is C[C@H](c1ccc(C(=O)O)o1)N(C)C(=O)OC(C)(C)C. The fourth-order valence-corrected chi connectivity index (χ4v) is 1.38. The van der Waals surface area contributed by atoms with Gasteiger partial charge in [-0.15, -0.1) is 0 Å². The molecule has 0 unspecified atom stereocenters. The number of carbonyl (C=O) groups excluding carboxylic acids is 1. The van der Waals surface area contributed by atoms with Gasteiger partial charge < -0.3 is 19.2 Å². The van der Waals surface area contributed by atoms with E-state index in [1.165, 1.54) is 17.0 Å². The Morgan fingerprint density at radius 2 is 1.95 bits per heavy atom. The third-order valence-electron chi connectivity index (χ3n) is 2.51. The van der Waals surface area contributed by atoms with E-state index < -0.39 is 23.7 Å². The molecule has 0 saturated carbocycles. The molecule has 106 valence electrons. The molecule has 1 rings (SSSR count). The number of hydrogen-bond acceptors (Lipinski definition) is 4. The average molecular weight is 269 g/mol. The molecular weight excluding hydrogens is 250 g/mol. The Labute approximate surface area is 112 Å². The van der Waals surface area contributed by atoms with Crippen molar-refractivity contribution < 1.29 is 23.8 Å². The molecule has 0 radical (unpaired) electrons. The van der Waals surface area contributed by atoms with Gasteiger partial charge in [0.25, 0.3) is 0 Å². The molecule has 0 fully saturated rings. The number of hydrogen-bond donors (Lipinski definition) is 1. The largest absolute Gasteiger partial charge is 0.475 e. The number of ether oxygens (including phenoxy) is 1. The van der Waals surface area contributed by atoms with Gasteiger partial charge in [-0.1, -0.05) is 0 Å². The lowest BCUT2D eigenvalue weighted by molar-refractivity contribution is 0.0216. The number of rotatable bonds is 3. The number of furan rings is 1. The Morgan fingerprint density at radius 3 is 2.37 bits per heavy atom. The molecule has 1 aromatic rings. The summed E-state index contributed by atoms with van der Waals surface area (Å²) in [5.41, 5.74) is -0.583. The smallest absolute Gasteiger partial charge is 0.410 e. The van der Waals surface area contributed by atoms with Crippen LogP contribution >= 0.6 is 0 Å². The number of nitrogens with zero attached hydrogens (tertiary/aromatic N) is 1. The van der Waals surface area contributed by atoms with Crippen molar-refractivity contribution >= 4 is 12.1 Å². The first kappa shape index (κ1) is 15.1. The fourth-order valence-electron chi connectivity index (χ4n) is 1.38. The molecule has 6 heteroatoms. The molecule has 1 heterocycles. The molecule has 0 aliphatic heterocycles. The van der Waals surface area contributed by atoms with Gasteiger partial charge in [0.05, 0.1) is 6.04 Å². The lowest BCUT2D eigenvalue weighted by Gasteiger charge is -2.27. The summed E-state index contributed by atoms with van der Waals surface area (Å²) in [5, 5.41) is 8.78. The van der Waals surface area contributed by atoms with Crippen LogP contribution in [0.5, 0.6) is 0 Å². The minimum atomic E-state index is -1.14. The van der Waals surface area contributed by atoms with E-state index in [9.17, 15) is 9.59 Å². The van der Waals surface area contributed by atoms with Crippen molar-refractivity contribution in [2.24, 2.45) is 0 Å². The van der Waals surface area contributed by atoms with E-state index in [0.29, 0.717) is 5.76 Å². The second-order valence-electron chi connectivity index (χ2n) is 5.27. The molecule has 0 aromatic carbocycles. The summed E-state index contributed by atoms with van der Waals surface area (Å²) >= 11 is 0. The van der Waals surface area contributed by atoms with Crippen LogP contribution in [-0.2, 0) is 4.74 Å². The number of aromatic carboxylic acids is 1. The third-order valence-corrected chi connectivity index (χ3v) is 2.51. The molecule has 6 nitrogen and oxygen atoms in total. The van der Waals surface area contributed by atoms with Crippen molar-refractivity contribution in [3.05, 3.63) is 23.7 Å². The first-order valence-electron chi connectivity index (χ1n) is 5.90. The van der Waals surface area contributed by atoms with Gasteiger partial charge in [-0.05, 0) is 39.8 Å². The van der Waals surface area contributed by atoms with E-state index in [1.54, 1.807) is 34.7 Å². The predicted octanol–water partition coefficient (Wildman–Crippen LogP) is 2.91. The van der Waals surface area contributed by atoms with Gasteiger partial charge in [0.2, 0.25) is 5.76 Å². The Balaban J connectivity index is 2.78. The molecular formula is C13H19NO5. The highest BCUT2D eigenvalue weighted by molar-refractivity contribution is 5.84. The van der Waals surface area contributed by atoms with Crippen molar-refractivity contribution in [2.45, 2.75) is 39.3 Å². The zero-order valence-electron chi connectivity index (χ0n) is 11.8. The van der Waals surface area contributed by atoms with Crippen molar-refractivity contribution in [1.82, 2.24) is 4.90 Å². The van der Waals surface area contributed by atoms with Crippen LogP contribution in [0.3, 0.4) is 0 Å². The van der Waals surface area contributed by atoms with Crippen LogP contribution in [0.15, 0.2) is 16.5 Å². The van der Waals surface area contributed by atoms with E-state index in [1.807, 2.05) is 0 Å². The monoisotopic (exact) mass is 269 g/mol. The summed E-state index contributed by atoms with van der Waals surface area (Å²) < 4.78 is 10.4. The quantitative estimate of drug-likeness (QED) is 0.912. The molecule has 0 saturated heterocycles. The van der Waals surface area contributed by atoms with E-state index in [4.69, 9.17) is 14.3 Å². The van der Waals surface area contributed by atoms with E-state index >= 15 is 0 Å². The van der Waals surface area contributed by atoms with Gasteiger partial charge in [0.15, 0.2) is 0 Å². The number of carboxylic acids is 1. The maximum absolute atomic E-state index is 11.9. The van der Waals surface area contributed by atoms with Gasteiger partial charge >= 0.3 is 12.1 Å². The highest BCUT2D eigenvalue weighted by atomic mass is 16.6. The first-order chi connectivity index (χ1) is 8.61. The summed E-state index contributed by atoms with van der Waals surface area (Å²) in [6.45, 7) is 7.06. The standard InChI is InChI=1S/C13H19NO5/c1-8(9-6-7-10(18-9)11(15)16)14(5)12(17)19-13(2,3)4/h6-8H,1-5H3,(H,15,16)/t8-/m1/s1. The average Bonchev–Trinajstić information content (AvgIpc) is 2.73. The predicted molar refractivity (Wildman–Crippen MR) is 68.1 cm³/mol. The molecule has 0 bridgehead atoms. The summed E-state index contributed by atoms with van der Waals surface area (Å²) in [7, 11) is 1.57. The maximum atomic E-state index is 11.9. The van der Waals surface area contributed by atoms with Crippen LogP contribution in [-0.4, -0.2) is 34.7 Å². The fraction of sp³-hybridized carbons (Fsp3) is 0.538. The summed E-state index contributed by atoms with van der Waals surface area (Å²) in [6, 6.07) is 2.48. The van der Waals surface area contributed by atoms with Crippen molar-refractivity contribution in [1.29, 1.82) is 0 Å². The molecule has 1 amide bonds. The van der Waals surface area contributed by atoms with Crippen molar-refractivity contribution in [3.63, 3.8) is 0 Å². The molecule has 0 aliphatic carbocycles. The highest BCUT2D eigenvalue weighted by Gasteiger charge is 2.25. The van der Waals surface area contributed by atoms with Crippen LogP contribution in [0, 0.1) is 0 Å². The zero-order chi connectivity index (χ0) is 14.8. The lowest BCUT2D eigenvalue weighted by Crippen LogP contribution is -2.35. The first-order valence-corrected chi connectivity index (χ1v) is 5.90. The van der Waals surface area contributed by atoms with Crippen LogP contribution < -0.4 is 0 Å². The van der Waals surface area contributed by atoms with Gasteiger partial charge in [-0.2, -0.15) is 0 Å². The number of carboxylic acid groups (broad SMARTS) is 1. The third kappa shape index (κ3) is 4.01. The lowest BCUT2D eigenvalue weighted by atomic mass is 10.2. The van der Waals surface area contributed by atoms with Gasteiger partial charge in [0.1, 0.15) is 11.4 Å². The second kappa shape index (κ2) is 5.34. The molecule has 1 aromatic heterocycles. The summed E-state index contributed by atoms with van der Waals surface area (Å²) in [5.74, 6) is -0.899. The topological polar surface area (TPSA) is 80.0 Å². The van der Waals surface area contributed by atoms with Crippen LogP contribution in [0.1, 0.15) is 50.1 Å². The number of carbonyl (C=O) groups is 2. The van der Waals surface area contributed by atoms with Crippen LogP contribution in [0.2, 0.25) is 0 Å².